The fourth-order valence-electron chi connectivity index (χ4n) is 2.93. The van der Waals surface area contributed by atoms with Crippen molar-refractivity contribution in [1.29, 1.82) is 0 Å². The van der Waals surface area contributed by atoms with Gasteiger partial charge in [0, 0.05) is 30.5 Å². The van der Waals surface area contributed by atoms with Gasteiger partial charge >= 0.3 is 0 Å². The fraction of sp³-hybridized carbons (Fsp3) is 0.474. The number of aryl methyl sites for hydroxylation is 2. The first-order valence-corrected chi connectivity index (χ1v) is 8.21. The predicted molar refractivity (Wildman–Crippen MR) is 90.8 cm³/mol. The van der Waals surface area contributed by atoms with E-state index in [9.17, 15) is 4.79 Å². The van der Waals surface area contributed by atoms with E-state index in [1.54, 1.807) is 0 Å². The molecule has 0 spiro atoms. The monoisotopic (exact) mass is 312 g/mol. The molecule has 0 N–H and O–H groups in total. The SMILES string of the molecule is Cc1nc(C(C)(C)C)oc1CCC(=O)N1CCc2ccccc21. The van der Waals surface area contributed by atoms with Crippen LogP contribution in [0.2, 0.25) is 0 Å². The first kappa shape index (κ1) is 15.8. The average molecular weight is 312 g/mol. The Bertz CT molecular complexity index is 725. The van der Waals surface area contributed by atoms with Gasteiger partial charge in [-0.25, -0.2) is 4.98 Å². The minimum atomic E-state index is -0.110. The van der Waals surface area contributed by atoms with Gasteiger partial charge in [-0.05, 0) is 25.0 Å². The standard InChI is InChI=1S/C19H24N2O2/c1-13-16(23-18(20-13)19(2,3)4)9-10-17(22)21-12-11-14-7-5-6-8-15(14)21/h5-8H,9-12H2,1-4H3. The number of benzene rings is 1. The minimum Gasteiger partial charge on any atom is -0.445 e. The molecule has 2 heterocycles. The summed E-state index contributed by atoms with van der Waals surface area (Å²) in [5.74, 6) is 1.72. The number of fused-ring (bicyclic) bond motifs is 1. The second-order valence-electron chi connectivity index (χ2n) is 7.20. The van der Waals surface area contributed by atoms with Crippen LogP contribution in [0.4, 0.5) is 5.69 Å². The van der Waals surface area contributed by atoms with Crippen LogP contribution in [0, 0.1) is 6.92 Å². The number of carbonyl (C=O) groups excluding carboxylic acids is 1. The molecule has 4 heteroatoms. The Morgan fingerprint density at radius 1 is 1.30 bits per heavy atom. The summed E-state index contributed by atoms with van der Waals surface area (Å²) in [6.45, 7) is 8.96. The third-order valence-electron chi connectivity index (χ3n) is 4.29. The predicted octanol–water partition coefficient (Wildman–Crippen LogP) is 3.80. The van der Waals surface area contributed by atoms with E-state index in [1.165, 1.54) is 5.56 Å². The van der Waals surface area contributed by atoms with Gasteiger partial charge in [0.15, 0.2) is 5.89 Å². The highest BCUT2D eigenvalue weighted by Gasteiger charge is 2.25. The zero-order chi connectivity index (χ0) is 16.6. The molecule has 0 unspecified atom stereocenters. The molecule has 0 saturated heterocycles. The molecule has 0 radical (unpaired) electrons. The molecular weight excluding hydrogens is 288 g/mol. The van der Waals surface area contributed by atoms with Crippen molar-refractivity contribution >= 4 is 11.6 Å². The summed E-state index contributed by atoms with van der Waals surface area (Å²) in [5.41, 5.74) is 3.10. The maximum Gasteiger partial charge on any atom is 0.227 e. The molecule has 1 aliphatic rings. The van der Waals surface area contributed by atoms with Crippen molar-refractivity contribution in [2.24, 2.45) is 0 Å². The van der Waals surface area contributed by atoms with Crippen LogP contribution in [0.3, 0.4) is 0 Å². The Labute approximate surface area is 137 Å². The summed E-state index contributed by atoms with van der Waals surface area (Å²) in [6.07, 6.45) is 2.00. The van der Waals surface area contributed by atoms with E-state index >= 15 is 0 Å². The highest BCUT2D eigenvalue weighted by Crippen LogP contribution is 2.29. The smallest absolute Gasteiger partial charge is 0.227 e. The second-order valence-corrected chi connectivity index (χ2v) is 7.20. The van der Waals surface area contributed by atoms with Crippen molar-refractivity contribution in [1.82, 2.24) is 4.98 Å². The number of para-hydroxylation sites is 1. The Morgan fingerprint density at radius 2 is 2.04 bits per heavy atom. The molecule has 23 heavy (non-hydrogen) atoms. The second kappa shape index (κ2) is 5.84. The van der Waals surface area contributed by atoms with Crippen LogP contribution in [0.1, 0.15) is 50.1 Å². The molecule has 3 rings (SSSR count). The molecule has 0 atom stereocenters. The molecule has 0 saturated carbocycles. The zero-order valence-electron chi connectivity index (χ0n) is 14.3. The van der Waals surface area contributed by atoms with Crippen LogP contribution in [-0.4, -0.2) is 17.4 Å². The number of nitrogens with zero attached hydrogens (tertiary/aromatic N) is 2. The molecule has 122 valence electrons. The van der Waals surface area contributed by atoms with E-state index in [2.05, 4.69) is 31.8 Å². The lowest BCUT2D eigenvalue weighted by Gasteiger charge is -2.17. The molecule has 1 aromatic heterocycles. The van der Waals surface area contributed by atoms with Gasteiger partial charge in [0.25, 0.3) is 0 Å². The van der Waals surface area contributed by atoms with Crippen molar-refractivity contribution in [2.75, 3.05) is 11.4 Å². The van der Waals surface area contributed by atoms with E-state index in [0.29, 0.717) is 12.8 Å². The van der Waals surface area contributed by atoms with Crippen molar-refractivity contribution in [3.05, 3.63) is 47.2 Å². The Hall–Kier alpha value is -2.10. The van der Waals surface area contributed by atoms with Crippen LogP contribution in [0.15, 0.2) is 28.7 Å². The molecule has 1 aliphatic heterocycles. The fourth-order valence-corrected chi connectivity index (χ4v) is 2.93. The first-order valence-electron chi connectivity index (χ1n) is 8.21. The average Bonchev–Trinajstić information content (AvgIpc) is 3.08. The Morgan fingerprint density at radius 3 is 2.74 bits per heavy atom. The number of hydrogen-bond donors (Lipinski definition) is 0. The molecule has 1 amide bonds. The lowest BCUT2D eigenvalue weighted by Crippen LogP contribution is -2.29. The number of rotatable bonds is 3. The summed E-state index contributed by atoms with van der Waals surface area (Å²) in [5, 5.41) is 0. The lowest BCUT2D eigenvalue weighted by molar-refractivity contribution is -0.118. The summed E-state index contributed by atoms with van der Waals surface area (Å²) in [6, 6.07) is 8.13. The van der Waals surface area contributed by atoms with E-state index in [1.807, 2.05) is 30.0 Å². The van der Waals surface area contributed by atoms with Gasteiger partial charge in [-0.15, -0.1) is 0 Å². The highest BCUT2D eigenvalue weighted by atomic mass is 16.4. The summed E-state index contributed by atoms with van der Waals surface area (Å²) >= 11 is 0. The van der Waals surface area contributed by atoms with Crippen LogP contribution in [0.5, 0.6) is 0 Å². The van der Waals surface area contributed by atoms with Crippen molar-refractivity contribution in [3.63, 3.8) is 0 Å². The normalized spacial score (nSPS) is 14.2. The molecular formula is C19H24N2O2. The van der Waals surface area contributed by atoms with Gasteiger partial charge in [-0.1, -0.05) is 39.0 Å². The zero-order valence-corrected chi connectivity index (χ0v) is 14.3. The van der Waals surface area contributed by atoms with Gasteiger partial charge in [-0.2, -0.15) is 0 Å². The third kappa shape index (κ3) is 3.16. The molecule has 0 fully saturated rings. The topological polar surface area (TPSA) is 46.3 Å². The molecule has 1 aromatic carbocycles. The van der Waals surface area contributed by atoms with Crippen LogP contribution in [-0.2, 0) is 23.1 Å². The van der Waals surface area contributed by atoms with Crippen LogP contribution < -0.4 is 4.90 Å². The van der Waals surface area contributed by atoms with Gasteiger partial charge < -0.3 is 9.32 Å². The van der Waals surface area contributed by atoms with Crippen LogP contribution >= 0.6 is 0 Å². The van der Waals surface area contributed by atoms with E-state index in [4.69, 9.17) is 4.42 Å². The van der Waals surface area contributed by atoms with E-state index in [-0.39, 0.29) is 11.3 Å². The van der Waals surface area contributed by atoms with Crippen molar-refractivity contribution < 1.29 is 9.21 Å². The number of hydrogen-bond acceptors (Lipinski definition) is 3. The highest BCUT2D eigenvalue weighted by molar-refractivity contribution is 5.95. The first-order chi connectivity index (χ1) is 10.9. The van der Waals surface area contributed by atoms with E-state index in [0.717, 1.165) is 36.0 Å². The third-order valence-corrected chi connectivity index (χ3v) is 4.29. The summed E-state index contributed by atoms with van der Waals surface area (Å²) < 4.78 is 5.88. The minimum absolute atomic E-state index is 0.110. The maximum atomic E-state index is 12.6. The van der Waals surface area contributed by atoms with Gasteiger partial charge in [-0.3, -0.25) is 4.79 Å². The van der Waals surface area contributed by atoms with Crippen molar-refractivity contribution in [3.8, 4) is 0 Å². The Balaban J connectivity index is 1.68. The number of oxazole rings is 1. The lowest BCUT2D eigenvalue weighted by atomic mass is 9.97. The Kier molecular flexibility index (Phi) is 4.00. The summed E-state index contributed by atoms with van der Waals surface area (Å²) in [7, 11) is 0. The molecule has 4 nitrogen and oxygen atoms in total. The van der Waals surface area contributed by atoms with Gasteiger partial charge in [0.1, 0.15) is 5.76 Å². The molecule has 2 aromatic rings. The van der Waals surface area contributed by atoms with Gasteiger partial charge in [0.2, 0.25) is 5.91 Å². The number of aromatic nitrogens is 1. The largest absolute Gasteiger partial charge is 0.445 e. The van der Waals surface area contributed by atoms with Gasteiger partial charge in [0.05, 0.1) is 5.69 Å². The van der Waals surface area contributed by atoms with Crippen molar-refractivity contribution in [2.45, 2.75) is 52.4 Å². The van der Waals surface area contributed by atoms with Crippen LogP contribution in [0.25, 0.3) is 0 Å². The quantitative estimate of drug-likeness (QED) is 0.866. The number of anilines is 1. The summed E-state index contributed by atoms with van der Waals surface area (Å²) in [4.78, 5) is 19.0. The van der Waals surface area contributed by atoms with E-state index < -0.39 is 0 Å². The maximum absolute atomic E-state index is 12.6. The molecule has 0 aliphatic carbocycles. The number of amides is 1. The molecule has 0 bridgehead atoms. The number of carbonyl (C=O) groups is 1.